The van der Waals surface area contributed by atoms with Crippen LogP contribution in [-0.2, 0) is 21.5 Å². The molecule has 1 saturated carbocycles. The zero-order valence-corrected chi connectivity index (χ0v) is 19.4. The van der Waals surface area contributed by atoms with Gasteiger partial charge < -0.3 is 15.7 Å². The molecule has 1 fully saturated rings. The first kappa shape index (κ1) is 24.5. The third kappa shape index (κ3) is 6.21. The lowest BCUT2D eigenvalue weighted by atomic mass is 9.76. The van der Waals surface area contributed by atoms with Crippen molar-refractivity contribution in [1.82, 2.24) is 10.6 Å². The van der Waals surface area contributed by atoms with Crippen LogP contribution < -0.4 is 10.6 Å². The van der Waals surface area contributed by atoms with E-state index in [4.69, 9.17) is 0 Å². The van der Waals surface area contributed by atoms with Crippen LogP contribution in [0.5, 0.6) is 0 Å². The van der Waals surface area contributed by atoms with E-state index in [1.807, 2.05) is 24.3 Å². The van der Waals surface area contributed by atoms with E-state index in [1.165, 1.54) is 13.0 Å². The van der Waals surface area contributed by atoms with Crippen LogP contribution in [0, 0.1) is 11.6 Å². The Balaban J connectivity index is 1.78. The maximum atomic E-state index is 14.2. The van der Waals surface area contributed by atoms with Gasteiger partial charge in [0.05, 0.1) is 12.1 Å². The van der Waals surface area contributed by atoms with Crippen molar-refractivity contribution in [2.75, 3.05) is 6.54 Å². The Morgan fingerprint density at radius 1 is 1.19 bits per heavy atom. The Bertz CT molecular complexity index is 975. The predicted molar refractivity (Wildman–Crippen MR) is 121 cm³/mol. The number of aliphatic hydroxyl groups excluding tert-OH is 1. The summed E-state index contributed by atoms with van der Waals surface area (Å²) in [4.78, 5) is 23.6. The summed E-state index contributed by atoms with van der Waals surface area (Å²) in [5, 5.41) is 17.0. The van der Waals surface area contributed by atoms with E-state index in [-0.39, 0.29) is 30.2 Å². The van der Waals surface area contributed by atoms with Crippen LogP contribution in [0.15, 0.2) is 46.9 Å². The standard InChI is InChI=1S/C24H27BrF2N2O3/c1-15(30)29-22(11-16-5-6-19(26)13-21(16)27)23(32)14-28-24(9-7-20(31)8-10-24)17-3-2-4-18(25)12-17/h2-6,12-13,22-23,28,32H,7-11,14H2,1H3,(H,29,30). The molecule has 3 rings (SSSR count). The largest absolute Gasteiger partial charge is 0.390 e. The number of Topliss-reactive ketones (excluding diaryl/α,β-unsaturated/α-hetero) is 1. The number of nitrogens with one attached hydrogen (secondary N) is 2. The first-order valence-electron chi connectivity index (χ1n) is 10.6. The highest BCUT2D eigenvalue weighted by Gasteiger charge is 2.37. The van der Waals surface area contributed by atoms with E-state index in [1.54, 1.807) is 0 Å². The van der Waals surface area contributed by atoms with Crippen molar-refractivity contribution in [3.63, 3.8) is 0 Å². The molecule has 1 aliphatic carbocycles. The highest BCUT2D eigenvalue weighted by Crippen LogP contribution is 2.37. The lowest BCUT2D eigenvalue weighted by Crippen LogP contribution is -2.53. The number of ketones is 1. The molecule has 5 nitrogen and oxygen atoms in total. The van der Waals surface area contributed by atoms with Gasteiger partial charge in [0.25, 0.3) is 0 Å². The number of benzene rings is 2. The van der Waals surface area contributed by atoms with Crippen LogP contribution in [0.1, 0.15) is 43.7 Å². The van der Waals surface area contributed by atoms with Gasteiger partial charge in [-0.1, -0.05) is 34.1 Å². The molecule has 2 aromatic rings. The van der Waals surface area contributed by atoms with Crippen molar-refractivity contribution in [3.05, 3.63) is 69.7 Å². The molecule has 0 aliphatic heterocycles. The molecule has 0 bridgehead atoms. The highest BCUT2D eigenvalue weighted by molar-refractivity contribution is 9.10. The van der Waals surface area contributed by atoms with E-state index in [9.17, 15) is 23.5 Å². The summed E-state index contributed by atoms with van der Waals surface area (Å²) in [6, 6.07) is 10.3. The summed E-state index contributed by atoms with van der Waals surface area (Å²) in [6.07, 6.45) is 1.03. The van der Waals surface area contributed by atoms with Crippen LogP contribution in [-0.4, -0.2) is 35.5 Å². The molecule has 0 aromatic heterocycles. The molecule has 2 aromatic carbocycles. The number of rotatable bonds is 8. The van der Waals surface area contributed by atoms with Crippen LogP contribution in [0.25, 0.3) is 0 Å². The lowest BCUT2D eigenvalue weighted by Gasteiger charge is -2.40. The fraction of sp³-hybridized carbons (Fsp3) is 0.417. The second kappa shape index (κ2) is 10.6. The van der Waals surface area contributed by atoms with Crippen molar-refractivity contribution in [3.8, 4) is 0 Å². The Kier molecular flexibility index (Phi) is 8.14. The second-order valence-electron chi connectivity index (χ2n) is 8.33. The van der Waals surface area contributed by atoms with Gasteiger partial charge in [0, 0.05) is 42.4 Å². The molecule has 32 heavy (non-hydrogen) atoms. The molecule has 1 aliphatic rings. The molecule has 0 saturated heterocycles. The van der Waals surface area contributed by atoms with Crippen molar-refractivity contribution in [2.45, 2.75) is 56.7 Å². The molecule has 0 spiro atoms. The van der Waals surface area contributed by atoms with Gasteiger partial charge in [0.15, 0.2) is 0 Å². The van der Waals surface area contributed by atoms with Gasteiger partial charge in [-0.25, -0.2) is 8.78 Å². The van der Waals surface area contributed by atoms with Crippen LogP contribution in [0.4, 0.5) is 8.78 Å². The first-order chi connectivity index (χ1) is 15.2. The Morgan fingerprint density at radius 3 is 2.53 bits per heavy atom. The zero-order chi connectivity index (χ0) is 23.3. The normalized spacial score (nSPS) is 17.6. The predicted octanol–water partition coefficient (Wildman–Crippen LogP) is 3.76. The maximum absolute atomic E-state index is 14.2. The summed E-state index contributed by atoms with van der Waals surface area (Å²) >= 11 is 3.49. The summed E-state index contributed by atoms with van der Waals surface area (Å²) in [6.45, 7) is 1.44. The van der Waals surface area contributed by atoms with Gasteiger partial charge in [0.1, 0.15) is 17.4 Å². The van der Waals surface area contributed by atoms with E-state index < -0.39 is 29.3 Å². The smallest absolute Gasteiger partial charge is 0.217 e. The van der Waals surface area contributed by atoms with Crippen LogP contribution in [0.3, 0.4) is 0 Å². The molecule has 8 heteroatoms. The van der Waals surface area contributed by atoms with E-state index >= 15 is 0 Å². The molecule has 1 amide bonds. The topological polar surface area (TPSA) is 78.4 Å². The Hall–Kier alpha value is -2.16. The van der Waals surface area contributed by atoms with Gasteiger partial charge in [-0.15, -0.1) is 0 Å². The zero-order valence-electron chi connectivity index (χ0n) is 17.8. The second-order valence-corrected chi connectivity index (χ2v) is 9.24. The molecule has 0 heterocycles. The summed E-state index contributed by atoms with van der Waals surface area (Å²) < 4.78 is 28.3. The summed E-state index contributed by atoms with van der Waals surface area (Å²) in [7, 11) is 0. The number of halogens is 3. The van der Waals surface area contributed by atoms with Gasteiger partial charge in [-0.3, -0.25) is 9.59 Å². The van der Waals surface area contributed by atoms with Gasteiger partial charge in [0.2, 0.25) is 5.91 Å². The van der Waals surface area contributed by atoms with Crippen molar-refractivity contribution in [2.24, 2.45) is 0 Å². The highest BCUT2D eigenvalue weighted by atomic mass is 79.9. The molecule has 3 N–H and O–H groups in total. The molecule has 0 radical (unpaired) electrons. The van der Waals surface area contributed by atoms with E-state index in [2.05, 4.69) is 26.6 Å². The molecule has 2 unspecified atom stereocenters. The number of hydrogen-bond acceptors (Lipinski definition) is 4. The third-order valence-corrected chi connectivity index (χ3v) is 6.49. The number of amides is 1. The van der Waals surface area contributed by atoms with Gasteiger partial charge in [-0.05, 0) is 48.6 Å². The van der Waals surface area contributed by atoms with Crippen LogP contribution >= 0.6 is 15.9 Å². The first-order valence-corrected chi connectivity index (χ1v) is 11.4. The number of aliphatic hydroxyl groups is 1. The number of carbonyl (C=O) groups is 2. The molecule has 172 valence electrons. The fourth-order valence-corrected chi connectivity index (χ4v) is 4.62. The maximum Gasteiger partial charge on any atom is 0.217 e. The fourth-order valence-electron chi connectivity index (χ4n) is 4.22. The number of hydrogen-bond donors (Lipinski definition) is 3. The van der Waals surface area contributed by atoms with Crippen molar-refractivity contribution < 1.29 is 23.5 Å². The Morgan fingerprint density at radius 2 is 1.91 bits per heavy atom. The van der Waals surface area contributed by atoms with Gasteiger partial charge >= 0.3 is 0 Å². The van der Waals surface area contributed by atoms with Crippen LogP contribution in [0.2, 0.25) is 0 Å². The van der Waals surface area contributed by atoms with Crippen molar-refractivity contribution >= 4 is 27.6 Å². The summed E-state index contributed by atoms with van der Waals surface area (Å²) in [5.74, 6) is -1.56. The lowest BCUT2D eigenvalue weighted by molar-refractivity contribution is -0.122. The third-order valence-electron chi connectivity index (χ3n) is 6.00. The van der Waals surface area contributed by atoms with E-state index in [0.717, 1.165) is 22.2 Å². The monoisotopic (exact) mass is 508 g/mol. The minimum absolute atomic E-state index is 0.0108. The van der Waals surface area contributed by atoms with Crippen molar-refractivity contribution in [1.29, 1.82) is 0 Å². The van der Waals surface area contributed by atoms with Gasteiger partial charge in [-0.2, -0.15) is 0 Å². The molecule has 2 atom stereocenters. The minimum Gasteiger partial charge on any atom is -0.390 e. The average Bonchev–Trinajstić information content (AvgIpc) is 2.74. The average molecular weight is 509 g/mol. The number of carbonyl (C=O) groups excluding carboxylic acids is 2. The molecular formula is C24H27BrF2N2O3. The van der Waals surface area contributed by atoms with E-state index in [0.29, 0.717) is 25.7 Å². The molecular weight excluding hydrogens is 482 g/mol. The SMILES string of the molecule is CC(=O)NC(Cc1ccc(F)cc1F)C(O)CNC1(c2cccc(Br)c2)CCC(=O)CC1. The minimum atomic E-state index is -1.04. The summed E-state index contributed by atoms with van der Waals surface area (Å²) in [5.41, 5.74) is 0.710. The quantitative estimate of drug-likeness (QED) is 0.507. The Labute approximate surface area is 194 Å².